The van der Waals surface area contributed by atoms with Crippen LogP contribution in [0.1, 0.15) is 96.3 Å². The number of aromatic hydroxyl groups is 1. The molecule has 8 N–H and O–H groups in total. The molecule has 0 aliphatic carbocycles. The van der Waals surface area contributed by atoms with Crippen molar-refractivity contribution in [2.24, 2.45) is 17.4 Å². The average Bonchev–Trinajstić information content (AvgIpc) is 3.68. The van der Waals surface area contributed by atoms with Crippen molar-refractivity contribution in [2.45, 2.75) is 135 Å². The Morgan fingerprint density at radius 1 is 0.806 bits per heavy atom. The van der Waals surface area contributed by atoms with Crippen LogP contribution < -0.4 is 27.4 Å². The summed E-state index contributed by atoms with van der Waals surface area (Å²) in [4.78, 5) is 114. The lowest BCUT2D eigenvalue weighted by Gasteiger charge is -2.37. The van der Waals surface area contributed by atoms with Crippen LogP contribution in [-0.4, -0.2) is 129 Å². The number of nitrogens with two attached hydrogens (primary N) is 2. The first-order valence-corrected chi connectivity index (χ1v) is 25.7. The Labute approximate surface area is 426 Å². The predicted molar refractivity (Wildman–Crippen MR) is 272 cm³/mol. The van der Waals surface area contributed by atoms with Crippen molar-refractivity contribution in [3.05, 3.63) is 102 Å². The number of unbranched alkanes of at least 4 members (excludes halogenated alkanes) is 1. The fraction of sp³-hybridized carbons (Fsp3) is 0.500. The zero-order valence-corrected chi connectivity index (χ0v) is 43.0. The highest BCUT2D eigenvalue weighted by Gasteiger charge is 2.44. The van der Waals surface area contributed by atoms with Gasteiger partial charge in [0.05, 0.1) is 0 Å². The number of nitrogens with one attached hydrogen (secondary N) is 3. The van der Waals surface area contributed by atoms with Gasteiger partial charge in [-0.15, -0.1) is 0 Å². The van der Waals surface area contributed by atoms with E-state index in [4.69, 9.17) is 20.9 Å². The van der Waals surface area contributed by atoms with Crippen LogP contribution in [0.4, 0.5) is 9.59 Å². The molecule has 0 saturated carbocycles. The number of phenolic OH excluding ortho intramolecular Hbond substituents is 1. The number of imide groups is 1. The van der Waals surface area contributed by atoms with Crippen LogP contribution in [0.3, 0.4) is 0 Å². The topological polar surface area (TPSA) is 273 Å². The summed E-state index contributed by atoms with van der Waals surface area (Å²) in [6, 6.07) is 16.1. The summed E-state index contributed by atoms with van der Waals surface area (Å²) in [7, 11) is 0. The molecule has 4 rings (SSSR count). The Balaban J connectivity index is 1.77. The van der Waals surface area contributed by atoms with Gasteiger partial charge >= 0.3 is 12.2 Å². The highest BCUT2D eigenvalue weighted by molar-refractivity contribution is 7.98. The summed E-state index contributed by atoms with van der Waals surface area (Å²) in [5.74, 6) is -4.20. The minimum atomic E-state index is -1.75. The van der Waals surface area contributed by atoms with Crippen LogP contribution in [0.15, 0.2) is 84.9 Å². The van der Waals surface area contributed by atoms with Gasteiger partial charge in [-0.25, -0.2) is 24.5 Å². The molecule has 0 aromatic heterocycles. The number of carbonyl (C=O) groups excluding carboxylic acids is 8. The monoisotopic (exact) mass is 1020 g/mol. The molecule has 0 spiro atoms. The zero-order valence-electron chi connectivity index (χ0n) is 42.2. The van der Waals surface area contributed by atoms with Crippen LogP contribution >= 0.6 is 11.8 Å². The van der Waals surface area contributed by atoms with Gasteiger partial charge in [-0.1, -0.05) is 86.6 Å². The smallest absolute Gasteiger partial charge is 0.417 e. The Morgan fingerprint density at radius 3 is 2.01 bits per heavy atom. The van der Waals surface area contributed by atoms with Gasteiger partial charge < -0.3 is 42.0 Å². The van der Waals surface area contributed by atoms with Crippen molar-refractivity contribution in [3.63, 3.8) is 0 Å². The van der Waals surface area contributed by atoms with Gasteiger partial charge in [-0.05, 0) is 113 Å². The van der Waals surface area contributed by atoms with Gasteiger partial charge in [-0.3, -0.25) is 28.8 Å². The molecule has 20 heteroatoms. The first kappa shape index (κ1) is 57.9. The summed E-state index contributed by atoms with van der Waals surface area (Å²) < 4.78 is 11.2. The van der Waals surface area contributed by atoms with Gasteiger partial charge in [0, 0.05) is 25.8 Å². The van der Waals surface area contributed by atoms with Crippen molar-refractivity contribution < 1.29 is 52.9 Å². The maximum Gasteiger partial charge on any atom is 0.417 e. The number of phenols is 1. The van der Waals surface area contributed by atoms with E-state index >= 15 is 9.59 Å². The van der Waals surface area contributed by atoms with Gasteiger partial charge in [0.1, 0.15) is 48.2 Å². The fourth-order valence-electron chi connectivity index (χ4n) is 7.91. The number of nitrogens with zero attached hydrogens (tertiary/aromatic N) is 3. The molecule has 0 bridgehead atoms. The highest BCUT2D eigenvalue weighted by atomic mass is 32.2. The Kier molecular flexibility index (Phi) is 22.8. The standard InChI is InChI=1S/C52H72N8O11S/c1-34(2)20-25-44(62)60(42(45(54)63)27-30-72-6)58-29-26-40(48(58)66)55-46(64)41(31-35-15-9-7-10-16-35)56-47(65)43(32-36-21-23-38(61)24-22-36)59(51(69)70-33-37-17-11-8-12-18-37)49(67)39(19-13-14-28-53)57-50(68)71-52(3,4)5/h7-12,15-18,21-24,34,39-43,61H,13-14,19-20,25-33,53H2,1-6H3,(H2,54,63)(H,55,64)(H,56,65)(H,57,68)/t39-,40-,41+,42?,43+/m0/s1. The maximum atomic E-state index is 15.2. The molecular formula is C52H72N8O11S. The van der Waals surface area contributed by atoms with E-state index in [2.05, 4.69) is 16.0 Å². The molecule has 1 fully saturated rings. The fourth-order valence-corrected chi connectivity index (χ4v) is 8.37. The molecule has 3 aromatic rings. The largest absolute Gasteiger partial charge is 0.508 e. The molecule has 392 valence electrons. The quantitative estimate of drug-likeness (QED) is 0.0595. The number of thioether (sulfide) groups is 1. The lowest BCUT2D eigenvalue weighted by molar-refractivity contribution is -0.168. The second kappa shape index (κ2) is 28.4. The average molecular weight is 1020 g/mol. The molecule has 1 unspecified atom stereocenters. The number of hydrogen-bond donors (Lipinski definition) is 6. The van der Waals surface area contributed by atoms with Crippen LogP contribution in [0.2, 0.25) is 0 Å². The molecule has 1 heterocycles. The maximum absolute atomic E-state index is 15.2. The first-order chi connectivity index (χ1) is 34.2. The summed E-state index contributed by atoms with van der Waals surface area (Å²) in [5, 5.41) is 20.6. The minimum Gasteiger partial charge on any atom is -0.508 e. The second-order valence-electron chi connectivity index (χ2n) is 19.1. The predicted octanol–water partition coefficient (Wildman–Crippen LogP) is 4.72. The number of rotatable bonds is 26. The highest BCUT2D eigenvalue weighted by Crippen LogP contribution is 2.24. The van der Waals surface area contributed by atoms with Crippen LogP contribution in [0, 0.1) is 5.92 Å². The number of primary amides is 1. The molecule has 5 atom stereocenters. The number of alkyl carbamates (subject to hydrolysis) is 1. The Bertz CT molecular complexity index is 2280. The third-order valence-corrected chi connectivity index (χ3v) is 12.3. The van der Waals surface area contributed by atoms with E-state index in [1.165, 1.54) is 41.0 Å². The number of benzene rings is 3. The van der Waals surface area contributed by atoms with Crippen molar-refractivity contribution >= 4 is 59.4 Å². The Morgan fingerprint density at radius 2 is 1.43 bits per heavy atom. The van der Waals surface area contributed by atoms with E-state index in [1.807, 2.05) is 20.1 Å². The number of hydrazine groups is 1. The van der Waals surface area contributed by atoms with Crippen LogP contribution in [0.25, 0.3) is 0 Å². The van der Waals surface area contributed by atoms with Crippen LogP contribution in [0.5, 0.6) is 5.75 Å². The molecule has 1 saturated heterocycles. The normalized spacial score (nSPS) is 15.1. The van der Waals surface area contributed by atoms with Gasteiger partial charge in [0.25, 0.3) is 11.8 Å². The molecule has 1 aliphatic rings. The molecule has 0 radical (unpaired) electrons. The first-order valence-electron chi connectivity index (χ1n) is 24.3. The minimum absolute atomic E-state index is 0.0186. The molecule has 19 nitrogen and oxygen atoms in total. The van der Waals surface area contributed by atoms with E-state index in [1.54, 1.807) is 81.4 Å². The third-order valence-electron chi connectivity index (χ3n) is 11.6. The van der Waals surface area contributed by atoms with E-state index < -0.39 is 83.4 Å². The van der Waals surface area contributed by atoms with Crippen molar-refractivity contribution in [2.75, 3.05) is 25.1 Å². The molecule has 1 aliphatic heterocycles. The van der Waals surface area contributed by atoms with Crippen molar-refractivity contribution in [1.29, 1.82) is 0 Å². The number of amides is 8. The van der Waals surface area contributed by atoms with E-state index in [0.29, 0.717) is 46.6 Å². The third kappa shape index (κ3) is 18.2. The number of hydrogen-bond acceptors (Lipinski definition) is 13. The lowest BCUT2D eigenvalue weighted by atomic mass is 10.00. The number of ether oxygens (including phenoxy) is 2. The van der Waals surface area contributed by atoms with E-state index in [9.17, 15) is 33.9 Å². The second-order valence-corrected chi connectivity index (χ2v) is 20.0. The van der Waals surface area contributed by atoms with Gasteiger partial charge in [-0.2, -0.15) is 11.8 Å². The molecule has 8 amide bonds. The van der Waals surface area contributed by atoms with Gasteiger partial charge in [0.2, 0.25) is 23.6 Å². The number of carbonyl (C=O) groups is 8. The van der Waals surface area contributed by atoms with Gasteiger partial charge in [0.15, 0.2) is 0 Å². The summed E-state index contributed by atoms with van der Waals surface area (Å²) in [5.41, 5.74) is 12.2. The lowest BCUT2D eigenvalue weighted by Crippen LogP contribution is -2.61. The zero-order chi connectivity index (χ0) is 53.0. The summed E-state index contributed by atoms with van der Waals surface area (Å²) in [6.07, 6.45) is 0.677. The van der Waals surface area contributed by atoms with Crippen LogP contribution in [-0.2, 0) is 57.7 Å². The Hall–Kier alpha value is -6.67. The summed E-state index contributed by atoms with van der Waals surface area (Å²) >= 11 is 1.45. The SMILES string of the molecule is CSCCC(C(N)=O)N(C(=O)CCC(C)C)N1CC[C@H](NC(=O)[C@@H](Cc2ccccc2)NC(=O)[C@@H](Cc2ccc(O)cc2)N(C(=O)OCc2ccccc2)C(=O)[C@H](CCCCN)NC(=O)OC(C)(C)C)C1=O. The molecular weight excluding hydrogens is 945 g/mol. The molecule has 72 heavy (non-hydrogen) atoms. The van der Waals surface area contributed by atoms with E-state index in [0.717, 1.165) is 5.01 Å². The van der Waals surface area contributed by atoms with Crippen molar-refractivity contribution in [3.8, 4) is 5.75 Å². The van der Waals surface area contributed by atoms with E-state index in [-0.39, 0.29) is 69.9 Å². The van der Waals surface area contributed by atoms with Crippen molar-refractivity contribution in [1.82, 2.24) is 30.9 Å². The summed E-state index contributed by atoms with van der Waals surface area (Å²) in [6.45, 7) is 8.74. The molecule has 3 aromatic carbocycles.